The average Bonchev–Trinajstić information content (AvgIpc) is 2.72. The molecule has 0 radical (unpaired) electrons. The van der Waals surface area contributed by atoms with Gasteiger partial charge in [0.25, 0.3) is 0 Å². The minimum absolute atomic E-state index is 0.143. The second-order valence-corrected chi connectivity index (χ2v) is 5.81. The molecule has 1 heterocycles. The van der Waals surface area contributed by atoms with Crippen LogP contribution in [0.1, 0.15) is 57.2 Å². The van der Waals surface area contributed by atoms with E-state index >= 15 is 0 Å². The zero-order valence-electron chi connectivity index (χ0n) is 11.4. The largest absolute Gasteiger partial charge is 0.416 e. The van der Waals surface area contributed by atoms with Crippen molar-refractivity contribution in [3.63, 3.8) is 0 Å². The smallest absolute Gasteiger partial charge is 0.261 e. The maximum atomic E-state index is 12.8. The first-order chi connectivity index (χ1) is 8.87. The predicted molar refractivity (Wildman–Crippen MR) is 68.8 cm³/mol. The molecule has 19 heavy (non-hydrogen) atoms. The van der Waals surface area contributed by atoms with Gasteiger partial charge in [0.15, 0.2) is 0 Å². The monoisotopic (exact) mass is 271 g/mol. The Hall–Kier alpha value is -1.06. The lowest BCUT2D eigenvalue weighted by Gasteiger charge is -2.29. The molecule has 2 atom stereocenters. The van der Waals surface area contributed by atoms with Gasteiger partial charge in [-0.2, -0.15) is 13.2 Å². The summed E-state index contributed by atoms with van der Waals surface area (Å²) in [5, 5.41) is 0. The minimum atomic E-state index is -4.28. The molecule has 4 heteroatoms. The van der Waals surface area contributed by atoms with Crippen molar-refractivity contribution in [2.75, 3.05) is 0 Å². The molecule has 1 aromatic heterocycles. The first kappa shape index (κ1) is 14.4. The van der Waals surface area contributed by atoms with Crippen LogP contribution in [0.2, 0.25) is 0 Å². The van der Waals surface area contributed by atoms with Crippen LogP contribution in [0.25, 0.3) is 0 Å². The average molecular weight is 271 g/mol. The fourth-order valence-electron chi connectivity index (χ4n) is 3.36. The number of hydrogen-bond acceptors (Lipinski definition) is 1. The summed E-state index contributed by atoms with van der Waals surface area (Å²) in [6, 6.07) is 2.31. The Morgan fingerprint density at radius 3 is 2.68 bits per heavy atom. The van der Waals surface area contributed by atoms with Gasteiger partial charge in [0, 0.05) is 17.3 Å². The minimum Gasteiger partial charge on any atom is -0.261 e. The molecule has 0 bridgehead atoms. The Labute approximate surface area is 112 Å². The van der Waals surface area contributed by atoms with Crippen molar-refractivity contribution >= 4 is 0 Å². The Morgan fingerprint density at radius 2 is 2.16 bits per heavy atom. The highest BCUT2D eigenvalue weighted by Gasteiger charge is 2.40. The van der Waals surface area contributed by atoms with Crippen LogP contribution in [0.15, 0.2) is 18.3 Å². The zero-order valence-corrected chi connectivity index (χ0v) is 11.4. The van der Waals surface area contributed by atoms with Gasteiger partial charge in [-0.3, -0.25) is 4.98 Å². The predicted octanol–water partition coefficient (Wildman–Crippen LogP) is 4.96. The summed E-state index contributed by atoms with van der Waals surface area (Å²) in [5.74, 6) is 0.572. The van der Waals surface area contributed by atoms with Gasteiger partial charge in [0.2, 0.25) is 0 Å². The molecule has 1 nitrogen and oxygen atoms in total. The van der Waals surface area contributed by atoms with Crippen molar-refractivity contribution in [1.82, 2.24) is 4.98 Å². The lowest BCUT2D eigenvalue weighted by Crippen LogP contribution is -2.24. The van der Waals surface area contributed by atoms with Gasteiger partial charge < -0.3 is 0 Å². The van der Waals surface area contributed by atoms with Crippen LogP contribution in [-0.2, 0) is 11.6 Å². The molecular weight excluding hydrogens is 251 g/mol. The third-order valence-corrected chi connectivity index (χ3v) is 4.21. The van der Waals surface area contributed by atoms with E-state index in [2.05, 4.69) is 18.8 Å². The van der Waals surface area contributed by atoms with Crippen LogP contribution in [0.3, 0.4) is 0 Å². The lowest BCUT2D eigenvalue weighted by molar-refractivity contribution is -0.137. The fourth-order valence-corrected chi connectivity index (χ4v) is 3.36. The normalized spacial score (nSPS) is 27.7. The Balaban J connectivity index is 2.38. The van der Waals surface area contributed by atoms with E-state index in [0.717, 1.165) is 38.2 Å². The number of rotatable bonds is 3. The standard InChI is InChI=1S/C15H20F3N/c1-3-6-14(7-4-11(2)10-14)13-9-12(5-8-19-13)15(16,17)18/h5,8-9,11H,3-4,6-7,10H2,1-2H3. The van der Waals surface area contributed by atoms with Crippen molar-refractivity contribution < 1.29 is 13.2 Å². The zero-order chi connectivity index (χ0) is 14.1. The number of halogens is 3. The second kappa shape index (κ2) is 5.14. The molecule has 0 saturated heterocycles. The SMILES string of the molecule is CCCC1(c2cc(C(F)(F)F)ccn2)CCC(C)C1. The molecule has 0 aliphatic heterocycles. The molecule has 1 aliphatic carbocycles. The van der Waals surface area contributed by atoms with Gasteiger partial charge in [-0.15, -0.1) is 0 Å². The maximum Gasteiger partial charge on any atom is 0.416 e. The molecule has 1 saturated carbocycles. The molecule has 106 valence electrons. The molecule has 0 spiro atoms. The van der Waals surface area contributed by atoms with Crippen LogP contribution in [0, 0.1) is 5.92 Å². The Bertz CT molecular complexity index is 437. The van der Waals surface area contributed by atoms with Crippen molar-refractivity contribution in [3.8, 4) is 0 Å². The summed E-state index contributed by atoms with van der Waals surface area (Å²) in [6.45, 7) is 4.25. The van der Waals surface area contributed by atoms with E-state index in [1.54, 1.807) is 0 Å². The van der Waals surface area contributed by atoms with Crippen LogP contribution < -0.4 is 0 Å². The Morgan fingerprint density at radius 1 is 1.42 bits per heavy atom. The van der Waals surface area contributed by atoms with Gasteiger partial charge in [-0.25, -0.2) is 0 Å². The van der Waals surface area contributed by atoms with E-state index < -0.39 is 11.7 Å². The third kappa shape index (κ3) is 2.93. The van der Waals surface area contributed by atoms with Gasteiger partial charge in [-0.1, -0.05) is 20.3 Å². The van der Waals surface area contributed by atoms with Crippen molar-refractivity contribution in [2.24, 2.45) is 5.92 Å². The lowest BCUT2D eigenvalue weighted by atomic mass is 9.77. The second-order valence-electron chi connectivity index (χ2n) is 5.81. The molecular formula is C15H20F3N. The summed E-state index contributed by atoms with van der Waals surface area (Å²) < 4.78 is 38.4. The van der Waals surface area contributed by atoms with Crippen LogP contribution in [-0.4, -0.2) is 4.98 Å². The fraction of sp³-hybridized carbons (Fsp3) is 0.667. The molecule has 1 aromatic rings. The Kier molecular flexibility index (Phi) is 3.88. The van der Waals surface area contributed by atoms with E-state index in [4.69, 9.17) is 0 Å². The summed E-state index contributed by atoms with van der Waals surface area (Å²) >= 11 is 0. The quantitative estimate of drug-likeness (QED) is 0.757. The van der Waals surface area contributed by atoms with Crippen LogP contribution in [0.4, 0.5) is 13.2 Å². The molecule has 1 aliphatic rings. The highest BCUT2D eigenvalue weighted by Crippen LogP contribution is 2.47. The van der Waals surface area contributed by atoms with Crippen LogP contribution in [0.5, 0.6) is 0 Å². The molecule has 0 aromatic carbocycles. The van der Waals surface area contributed by atoms with Gasteiger partial charge in [-0.05, 0) is 43.7 Å². The highest BCUT2D eigenvalue weighted by molar-refractivity contribution is 5.26. The molecule has 0 amide bonds. The van der Waals surface area contributed by atoms with Crippen LogP contribution >= 0.6 is 0 Å². The highest BCUT2D eigenvalue weighted by atomic mass is 19.4. The number of alkyl halides is 3. The van der Waals surface area contributed by atoms with E-state index in [-0.39, 0.29) is 5.41 Å². The maximum absolute atomic E-state index is 12.8. The number of hydrogen-bond donors (Lipinski definition) is 0. The number of pyridine rings is 1. The van der Waals surface area contributed by atoms with E-state index in [0.29, 0.717) is 11.6 Å². The summed E-state index contributed by atoms with van der Waals surface area (Å²) in [6.07, 6.45) is 1.91. The third-order valence-electron chi connectivity index (χ3n) is 4.21. The summed E-state index contributed by atoms with van der Waals surface area (Å²) in [4.78, 5) is 4.26. The van der Waals surface area contributed by atoms with Crippen molar-refractivity contribution in [3.05, 3.63) is 29.6 Å². The van der Waals surface area contributed by atoms with Gasteiger partial charge >= 0.3 is 6.18 Å². The number of nitrogens with zero attached hydrogens (tertiary/aromatic N) is 1. The molecule has 0 N–H and O–H groups in total. The van der Waals surface area contributed by atoms with E-state index in [9.17, 15) is 13.2 Å². The summed E-state index contributed by atoms with van der Waals surface area (Å²) in [7, 11) is 0. The first-order valence-electron chi connectivity index (χ1n) is 6.91. The van der Waals surface area contributed by atoms with E-state index in [1.807, 2.05) is 0 Å². The van der Waals surface area contributed by atoms with Gasteiger partial charge in [0.1, 0.15) is 0 Å². The van der Waals surface area contributed by atoms with Crippen molar-refractivity contribution in [2.45, 2.75) is 57.5 Å². The van der Waals surface area contributed by atoms with E-state index in [1.165, 1.54) is 12.3 Å². The molecule has 2 rings (SSSR count). The topological polar surface area (TPSA) is 12.9 Å². The molecule has 2 unspecified atom stereocenters. The van der Waals surface area contributed by atoms with Crippen molar-refractivity contribution in [1.29, 1.82) is 0 Å². The number of aromatic nitrogens is 1. The van der Waals surface area contributed by atoms with Gasteiger partial charge in [0.05, 0.1) is 5.56 Å². The summed E-state index contributed by atoms with van der Waals surface area (Å²) in [5.41, 5.74) is -0.0869. The first-order valence-corrected chi connectivity index (χ1v) is 6.91. The molecule has 1 fully saturated rings.